The maximum atomic E-state index is 12.2. The van der Waals surface area contributed by atoms with Crippen LogP contribution in [0.1, 0.15) is 56.1 Å². The monoisotopic (exact) mass is 321 g/mol. The molecule has 1 unspecified atom stereocenters. The summed E-state index contributed by atoms with van der Waals surface area (Å²) in [5.74, 6) is 1.37. The lowest BCUT2D eigenvalue weighted by atomic mass is 9.86. The highest BCUT2D eigenvalue weighted by molar-refractivity contribution is 7.83. The smallest absolute Gasteiger partial charge is 0.224 e. The second-order valence-corrected chi connectivity index (χ2v) is 7.83. The number of rotatable bonds is 6. The number of carbonyl (C=O) groups is 1. The SMILES string of the molecule is Cc1c(CS(C)=O)cccc1NC(=O)CCC1CCCCC1. The highest BCUT2D eigenvalue weighted by Gasteiger charge is 2.15. The van der Waals surface area contributed by atoms with E-state index in [0.29, 0.717) is 12.2 Å². The standard InChI is InChI=1S/C18H27NO2S/c1-14-16(13-22(2)21)9-6-10-17(14)19-18(20)12-11-15-7-4-3-5-8-15/h6,9-10,15H,3-5,7-8,11-13H2,1-2H3,(H,19,20). The van der Waals surface area contributed by atoms with Gasteiger partial charge in [0.25, 0.3) is 0 Å². The molecule has 0 bridgehead atoms. The maximum Gasteiger partial charge on any atom is 0.224 e. The summed E-state index contributed by atoms with van der Waals surface area (Å²) in [6, 6.07) is 5.83. The Bertz CT molecular complexity index is 536. The lowest BCUT2D eigenvalue weighted by molar-refractivity contribution is -0.116. The largest absolute Gasteiger partial charge is 0.326 e. The van der Waals surface area contributed by atoms with E-state index < -0.39 is 10.8 Å². The Balaban J connectivity index is 1.89. The Kier molecular flexibility index (Phi) is 6.62. The van der Waals surface area contributed by atoms with Crippen molar-refractivity contribution in [3.63, 3.8) is 0 Å². The summed E-state index contributed by atoms with van der Waals surface area (Å²) >= 11 is 0. The van der Waals surface area contributed by atoms with Gasteiger partial charge in [0, 0.05) is 34.9 Å². The Morgan fingerprint density at radius 2 is 2.00 bits per heavy atom. The van der Waals surface area contributed by atoms with Crippen LogP contribution in [0.15, 0.2) is 18.2 Å². The number of anilines is 1. The molecule has 22 heavy (non-hydrogen) atoms. The molecule has 1 aromatic carbocycles. The molecule has 1 fully saturated rings. The van der Waals surface area contributed by atoms with Gasteiger partial charge in [-0.15, -0.1) is 0 Å². The first-order chi connectivity index (χ1) is 10.6. The second kappa shape index (κ2) is 8.47. The van der Waals surface area contributed by atoms with Crippen molar-refractivity contribution in [1.29, 1.82) is 0 Å². The number of nitrogens with one attached hydrogen (secondary N) is 1. The molecule has 1 aliphatic carbocycles. The molecule has 0 spiro atoms. The zero-order chi connectivity index (χ0) is 15.9. The first-order valence-electron chi connectivity index (χ1n) is 8.24. The van der Waals surface area contributed by atoms with Gasteiger partial charge in [-0.05, 0) is 36.5 Å². The van der Waals surface area contributed by atoms with Gasteiger partial charge >= 0.3 is 0 Å². The third-order valence-electron chi connectivity index (χ3n) is 4.58. The predicted molar refractivity (Wildman–Crippen MR) is 93.4 cm³/mol. The number of carbonyl (C=O) groups excluding carboxylic acids is 1. The van der Waals surface area contributed by atoms with Crippen LogP contribution >= 0.6 is 0 Å². The fraction of sp³-hybridized carbons (Fsp3) is 0.611. The van der Waals surface area contributed by atoms with E-state index in [1.165, 1.54) is 32.1 Å². The van der Waals surface area contributed by atoms with Crippen LogP contribution in [0.5, 0.6) is 0 Å². The quantitative estimate of drug-likeness (QED) is 0.854. The molecule has 0 heterocycles. The highest BCUT2D eigenvalue weighted by atomic mass is 32.2. The van der Waals surface area contributed by atoms with E-state index in [4.69, 9.17) is 0 Å². The van der Waals surface area contributed by atoms with Gasteiger partial charge in [0.2, 0.25) is 5.91 Å². The first-order valence-corrected chi connectivity index (χ1v) is 9.97. The maximum absolute atomic E-state index is 12.2. The number of hydrogen-bond acceptors (Lipinski definition) is 2. The van der Waals surface area contributed by atoms with Crippen molar-refractivity contribution < 1.29 is 9.00 Å². The van der Waals surface area contributed by atoms with Crippen molar-refractivity contribution in [3.05, 3.63) is 29.3 Å². The third kappa shape index (κ3) is 5.24. The number of benzene rings is 1. The minimum absolute atomic E-state index is 0.100. The predicted octanol–water partition coefficient (Wildman–Crippen LogP) is 4.17. The zero-order valence-electron chi connectivity index (χ0n) is 13.7. The van der Waals surface area contributed by atoms with Gasteiger partial charge in [-0.1, -0.05) is 44.2 Å². The normalized spacial score (nSPS) is 17.2. The molecule has 4 heteroatoms. The molecule has 1 aromatic rings. The van der Waals surface area contributed by atoms with E-state index in [0.717, 1.165) is 29.2 Å². The summed E-state index contributed by atoms with van der Waals surface area (Å²) < 4.78 is 11.4. The van der Waals surface area contributed by atoms with Gasteiger partial charge in [-0.2, -0.15) is 0 Å². The third-order valence-corrected chi connectivity index (χ3v) is 5.30. The number of hydrogen-bond donors (Lipinski definition) is 1. The molecule has 1 aliphatic rings. The van der Waals surface area contributed by atoms with E-state index >= 15 is 0 Å². The average Bonchev–Trinajstić information content (AvgIpc) is 2.50. The van der Waals surface area contributed by atoms with Gasteiger partial charge in [0.05, 0.1) is 0 Å². The summed E-state index contributed by atoms with van der Waals surface area (Å²) in [5, 5.41) is 3.03. The summed E-state index contributed by atoms with van der Waals surface area (Å²) in [5.41, 5.74) is 2.94. The van der Waals surface area contributed by atoms with Crippen LogP contribution < -0.4 is 5.32 Å². The molecule has 2 rings (SSSR count). The Morgan fingerprint density at radius 3 is 2.68 bits per heavy atom. The molecule has 0 aliphatic heterocycles. The summed E-state index contributed by atoms with van der Waals surface area (Å²) in [6.45, 7) is 1.99. The van der Waals surface area contributed by atoms with Crippen LogP contribution in [0.25, 0.3) is 0 Å². The van der Waals surface area contributed by atoms with Crippen LogP contribution in [-0.4, -0.2) is 16.4 Å². The summed E-state index contributed by atoms with van der Waals surface area (Å²) in [4.78, 5) is 12.2. The van der Waals surface area contributed by atoms with E-state index in [2.05, 4.69) is 5.32 Å². The molecule has 122 valence electrons. The van der Waals surface area contributed by atoms with Crippen LogP contribution in [0.4, 0.5) is 5.69 Å². The average molecular weight is 321 g/mol. The minimum atomic E-state index is -0.867. The van der Waals surface area contributed by atoms with E-state index in [1.54, 1.807) is 6.26 Å². The molecule has 1 atom stereocenters. The van der Waals surface area contributed by atoms with Crippen molar-refractivity contribution >= 4 is 22.4 Å². The van der Waals surface area contributed by atoms with Crippen LogP contribution in [0.3, 0.4) is 0 Å². The molecular formula is C18H27NO2S. The van der Waals surface area contributed by atoms with E-state index in [9.17, 15) is 9.00 Å². The van der Waals surface area contributed by atoms with Crippen molar-refractivity contribution in [1.82, 2.24) is 0 Å². The fourth-order valence-corrected chi connectivity index (χ4v) is 3.97. The summed E-state index contributed by atoms with van der Waals surface area (Å²) in [6.07, 6.45) is 9.87. The molecule has 3 nitrogen and oxygen atoms in total. The number of amides is 1. The Hall–Kier alpha value is -1.16. The molecule has 1 amide bonds. The fourth-order valence-electron chi connectivity index (χ4n) is 3.22. The second-order valence-electron chi connectivity index (χ2n) is 6.40. The summed E-state index contributed by atoms with van der Waals surface area (Å²) in [7, 11) is -0.867. The molecule has 1 saturated carbocycles. The topological polar surface area (TPSA) is 46.2 Å². The molecule has 0 radical (unpaired) electrons. The lowest BCUT2D eigenvalue weighted by Crippen LogP contribution is -2.15. The molecule has 0 saturated heterocycles. The van der Waals surface area contributed by atoms with Gasteiger partial charge in [-0.3, -0.25) is 9.00 Å². The molecular weight excluding hydrogens is 294 g/mol. The van der Waals surface area contributed by atoms with E-state index in [-0.39, 0.29) is 5.91 Å². The van der Waals surface area contributed by atoms with Gasteiger partial charge in [0.1, 0.15) is 0 Å². The van der Waals surface area contributed by atoms with Gasteiger partial charge in [0.15, 0.2) is 0 Å². The minimum Gasteiger partial charge on any atom is -0.326 e. The lowest BCUT2D eigenvalue weighted by Gasteiger charge is -2.21. The van der Waals surface area contributed by atoms with Gasteiger partial charge in [-0.25, -0.2) is 0 Å². The highest BCUT2D eigenvalue weighted by Crippen LogP contribution is 2.27. The Morgan fingerprint density at radius 1 is 1.27 bits per heavy atom. The van der Waals surface area contributed by atoms with Crippen molar-refractivity contribution in [3.8, 4) is 0 Å². The molecule has 1 N–H and O–H groups in total. The van der Waals surface area contributed by atoms with Crippen molar-refractivity contribution in [2.45, 2.75) is 57.6 Å². The van der Waals surface area contributed by atoms with Crippen LogP contribution in [0.2, 0.25) is 0 Å². The van der Waals surface area contributed by atoms with Crippen LogP contribution in [-0.2, 0) is 21.3 Å². The zero-order valence-corrected chi connectivity index (χ0v) is 14.5. The van der Waals surface area contributed by atoms with Crippen LogP contribution in [0, 0.1) is 12.8 Å². The van der Waals surface area contributed by atoms with Gasteiger partial charge < -0.3 is 5.32 Å². The Labute approximate surface area is 136 Å². The first kappa shape index (κ1) is 17.2. The van der Waals surface area contributed by atoms with Crippen molar-refractivity contribution in [2.24, 2.45) is 5.92 Å². The van der Waals surface area contributed by atoms with E-state index in [1.807, 2.05) is 25.1 Å². The van der Waals surface area contributed by atoms with Crippen molar-refractivity contribution in [2.75, 3.05) is 11.6 Å². The molecule has 0 aromatic heterocycles.